The first-order chi connectivity index (χ1) is 14.6. The number of methoxy groups -OCH3 is 1. The fourth-order valence-electron chi connectivity index (χ4n) is 2.95. The van der Waals surface area contributed by atoms with E-state index < -0.39 is 5.97 Å². The molecule has 0 spiro atoms. The molecule has 0 aliphatic rings. The van der Waals surface area contributed by atoms with Crippen molar-refractivity contribution >= 4 is 40.2 Å². The summed E-state index contributed by atoms with van der Waals surface area (Å²) in [6, 6.07) is 12.9. The fraction of sp³-hybridized carbons (Fsp3) is 0.182. The molecule has 2 aromatic carbocycles. The van der Waals surface area contributed by atoms with Crippen LogP contribution in [0, 0.1) is 0 Å². The Bertz CT molecular complexity index is 1190. The lowest BCUT2D eigenvalue weighted by atomic mass is 10.1. The second-order valence-electron chi connectivity index (χ2n) is 6.12. The molecule has 0 radical (unpaired) electrons. The molecule has 0 amide bonds. The van der Waals surface area contributed by atoms with Gasteiger partial charge in [-0.3, -0.25) is 0 Å². The first-order valence-corrected chi connectivity index (χ1v) is 9.48. The van der Waals surface area contributed by atoms with E-state index in [9.17, 15) is 4.79 Å². The molecule has 160 valence electrons. The maximum atomic E-state index is 12.3. The Morgan fingerprint density at radius 2 is 1.97 bits per heavy atom. The summed E-state index contributed by atoms with van der Waals surface area (Å²) in [5, 5.41) is 3.07. The van der Waals surface area contributed by atoms with Gasteiger partial charge in [0.15, 0.2) is 11.3 Å². The highest BCUT2D eigenvalue weighted by atomic mass is 35.5. The molecule has 0 aliphatic heterocycles. The predicted octanol–water partition coefficient (Wildman–Crippen LogP) is 5.50. The van der Waals surface area contributed by atoms with Crippen LogP contribution in [0.15, 0.2) is 53.1 Å². The first-order valence-electron chi connectivity index (χ1n) is 9.10. The van der Waals surface area contributed by atoms with Gasteiger partial charge in [-0.1, -0.05) is 25.6 Å². The minimum atomic E-state index is -0.564. The number of fused-ring (bicyclic) bond motifs is 1. The number of ether oxygens (including phenoxy) is 2. The molecule has 0 bridgehead atoms. The van der Waals surface area contributed by atoms with Gasteiger partial charge in [-0.15, -0.1) is 0 Å². The van der Waals surface area contributed by atoms with Gasteiger partial charge in [0.1, 0.15) is 16.9 Å². The van der Waals surface area contributed by atoms with Crippen molar-refractivity contribution in [3.05, 3.63) is 59.5 Å². The van der Waals surface area contributed by atoms with Crippen LogP contribution >= 0.6 is 11.6 Å². The Morgan fingerprint density at radius 3 is 2.71 bits per heavy atom. The Balaban J connectivity index is 0.00000272. The molecule has 8 nitrogen and oxygen atoms in total. The topological polar surface area (TPSA) is 99.4 Å². The third kappa shape index (κ3) is 4.44. The number of aromatic nitrogens is 3. The minimum Gasteiger partial charge on any atom is -0.494 e. The maximum Gasteiger partial charge on any atom is 0.343 e. The second kappa shape index (κ2) is 9.44. The SMILES string of the molecule is C.CCOC(=O)c1cnc(Cl)nc1Nc1cccc(-c2nc3ccccc3o2)c1OC. The summed E-state index contributed by atoms with van der Waals surface area (Å²) >= 11 is 5.94. The number of rotatable bonds is 6. The third-order valence-electron chi connectivity index (χ3n) is 4.25. The quantitative estimate of drug-likeness (QED) is 0.309. The van der Waals surface area contributed by atoms with Crippen LogP contribution in [0.4, 0.5) is 11.5 Å². The van der Waals surface area contributed by atoms with E-state index >= 15 is 0 Å². The molecule has 0 unspecified atom stereocenters. The summed E-state index contributed by atoms with van der Waals surface area (Å²) in [5.74, 6) is 0.504. The highest BCUT2D eigenvalue weighted by Crippen LogP contribution is 2.38. The Labute approximate surface area is 184 Å². The Morgan fingerprint density at radius 1 is 1.16 bits per heavy atom. The number of nitrogens with one attached hydrogen (secondary N) is 1. The number of anilines is 2. The number of para-hydroxylation sites is 3. The largest absolute Gasteiger partial charge is 0.494 e. The van der Waals surface area contributed by atoms with Crippen LogP contribution in [0.1, 0.15) is 24.7 Å². The van der Waals surface area contributed by atoms with E-state index in [0.717, 1.165) is 5.52 Å². The fourth-order valence-corrected chi connectivity index (χ4v) is 3.09. The van der Waals surface area contributed by atoms with E-state index in [0.29, 0.717) is 28.5 Å². The third-order valence-corrected chi connectivity index (χ3v) is 4.43. The number of oxazole rings is 1. The molecule has 4 aromatic rings. The molecule has 0 aliphatic carbocycles. The number of halogens is 1. The molecule has 0 saturated carbocycles. The molecule has 4 rings (SSSR count). The summed E-state index contributed by atoms with van der Waals surface area (Å²) in [6.07, 6.45) is 1.31. The Kier molecular flexibility index (Phi) is 6.71. The minimum absolute atomic E-state index is 0. The normalized spacial score (nSPS) is 10.4. The van der Waals surface area contributed by atoms with E-state index in [4.69, 9.17) is 25.5 Å². The van der Waals surface area contributed by atoms with Gasteiger partial charge in [0, 0.05) is 6.20 Å². The molecule has 0 fully saturated rings. The number of benzene rings is 2. The van der Waals surface area contributed by atoms with Crippen LogP contribution in [0.3, 0.4) is 0 Å². The van der Waals surface area contributed by atoms with E-state index in [-0.39, 0.29) is 30.7 Å². The van der Waals surface area contributed by atoms with E-state index in [1.54, 1.807) is 13.0 Å². The van der Waals surface area contributed by atoms with E-state index in [2.05, 4.69) is 20.3 Å². The zero-order chi connectivity index (χ0) is 21.1. The lowest BCUT2D eigenvalue weighted by Gasteiger charge is -2.15. The smallest absolute Gasteiger partial charge is 0.343 e. The van der Waals surface area contributed by atoms with Crippen molar-refractivity contribution in [1.29, 1.82) is 0 Å². The van der Waals surface area contributed by atoms with Gasteiger partial charge in [0.2, 0.25) is 11.2 Å². The van der Waals surface area contributed by atoms with Crippen LogP contribution in [-0.4, -0.2) is 34.6 Å². The molecule has 31 heavy (non-hydrogen) atoms. The van der Waals surface area contributed by atoms with Crippen LogP contribution in [-0.2, 0) is 4.74 Å². The number of carbonyl (C=O) groups is 1. The first kappa shape index (κ1) is 22.0. The maximum absolute atomic E-state index is 12.3. The highest BCUT2D eigenvalue weighted by molar-refractivity contribution is 6.28. The summed E-state index contributed by atoms with van der Waals surface area (Å²) in [7, 11) is 1.53. The van der Waals surface area contributed by atoms with Gasteiger partial charge < -0.3 is 19.2 Å². The van der Waals surface area contributed by atoms with Gasteiger partial charge in [-0.05, 0) is 42.8 Å². The summed E-state index contributed by atoms with van der Waals surface area (Å²) in [6.45, 7) is 1.94. The lowest BCUT2D eigenvalue weighted by molar-refractivity contribution is 0.0526. The van der Waals surface area contributed by atoms with Crippen molar-refractivity contribution in [3.63, 3.8) is 0 Å². The second-order valence-corrected chi connectivity index (χ2v) is 6.46. The molecule has 1 N–H and O–H groups in total. The number of esters is 1. The summed E-state index contributed by atoms with van der Waals surface area (Å²) in [4.78, 5) is 24.8. The molecule has 0 atom stereocenters. The van der Waals surface area contributed by atoms with Crippen LogP contribution < -0.4 is 10.1 Å². The summed E-state index contributed by atoms with van der Waals surface area (Å²) in [5.41, 5.74) is 2.73. The van der Waals surface area contributed by atoms with Crippen LogP contribution in [0.5, 0.6) is 5.75 Å². The van der Waals surface area contributed by atoms with Gasteiger partial charge in [-0.2, -0.15) is 4.98 Å². The number of nitrogens with zero attached hydrogens (tertiary/aromatic N) is 3. The Hall–Kier alpha value is -3.65. The van der Waals surface area contributed by atoms with E-state index in [1.807, 2.05) is 36.4 Å². The van der Waals surface area contributed by atoms with Gasteiger partial charge in [-0.25, -0.2) is 14.8 Å². The van der Waals surface area contributed by atoms with Crippen LogP contribution in [0.25, 0.3) is 22.6 Å². The van der Waals surface area contributed by atoms with Crippen molar-refractivity contribution in [2.75, 3.05) is 19.0 Å². The standard InChI is InChI=1S/C21H17ClN4O4.CH4/c1-3-29-20(27)13-11-23-21(22)26-18(13)24-15-9-6-7-12(17(15)28-2)19-25-14-8-4-5-10-16(14)30-19;/h4-11H,3H2,1-2H3,(H,23,24,26);1H4. The molecule has 9 heteroatoms. The average molecular weight is 441 g/mol. The van der Waals surface area contributed by atoms with Crippen molar-refractivity contribution in [3.8, 4) is 17.2 Å². The van der Waals surface area contributed by atoms with Crippen molar-refractivity contribution < 1.29 is 18.7 Å². The number of hydrogen-bond donors (Lipinski definition) is 1. The van der Waals surface area contributed by atoms with Crippen LogP contribution in [0.2, 0.25) is 5.28 Å². The highest BCUT2D eigenvalue weighted by Gasteiger charge is 2.20. The molecule has 2 heterocycles. The monoisotopic (exact) mass is 440 g/mol. The van der Waals surface area contributed by atoms with Crippen molar-refractivity contribution in [2.45, 2.75) is 14.4 Å². The lowest BCUT2D eigenvalue weighted by Crippen LogP contribution is -2.10. The van der Waals surface area contributed by atoms with Gasteiger partial charge >= 0.3 is 5.97 Å². The predicted molar refractivity (Wildman–Crippen MR) is 119 cm³/mol. The van der Waals surface area contributed by atoms with Crippen molar-refractivity contribution in [1.82, 2.24) is 15.0 Å². The molecule has 2 aromatic heterocycles. The van der Waals surface area contributed by atoms with E-state index in [1.165, 1.54) is 13.3 Å². The molecular weight excluding hydrogens is 420 g/mol. The zero-order valence-electron chi connectivity index (χ0n) is 16.2. The average Bonchev–Trinajstić information content (AvgIpc) is 3.18. The number of carbonyl (C=O) groups excluding carboxylic acids is 1. The van der Waals surface area contributed by atoms with Gasteiger partial charge in [0.05, 0.1) is 25.0 Å². The number of hydrogen-bond acceptors (Lipinski definition) is 8. The zero-order valence-corrected chi connectivity index (χ0v) is 16.9. The molecule has 0 saturated heterocycles. The van der Waals surface area contributed by atoms with Gasteiger partial charge in [0.25, 0.3) is 0 Å². The summed E-state index contributed by atoms with van der Waals surface area (Å²) < 4.78 is 16.6. The van der Waals surface area contributed by atoms with Crippen molar-refractivity contribution in [2.24, 2.45) is 0 Å². The molecular formula is C22H21ClN4O4.